The van der Waals surface area contributed by atoms with Crippen molar-refractivity contribution in [3.8, 4) is 0 Å². The molecule has 1 aliphatic rings. The van der Waals surface area contributed by atoms with Crippen LogP contribution in [0.5, 0.6) is 0 Å². The average Bonchev–Trinajstić information content (AvgIpc) is 2.26. The van der Waals surface area contributed by atoms with Gasteiger partial charge in [-0.2, -0.15) is 0 Å². The second kappa shape index (κ2) is 5.63. The average molecular weight is 328 g/mol. The van der Waals surface area contributed by atoms with E-state index in [1.807, 2.05) is 6.92 Å². The van der Waals surface area contributed by atoms with E-state index in [4.69, 9.17) is 18.0 Å². The molecule has 0 unspecified atom stereocenters. The molecule has 0 bridgehead atoms. The number of rotatable bonds is 5. The van der Waals surface area contributed by atoms with Gasteiger partial charge in [-0.3, -0.25) is 0 Å². The Labute approximate surface area is 120 Å². The van der Waals surface area contributed by atoms with Gasteiger partial charge in [0.15, 0.2) is 0 Å². The Morgan fingerprint density at radius 3 is 2.05 bits per heavy atom. The van der Waals surface area contributed by atoms with Crippen LogP contribution in [-0.4, -0.2) is 57.0 Å². The van der Waals surface area contributed by atoms with Crippen LogP contribution < -0.4 is 5.73 Å². The number of hydrogen-bond acceptors (Lipinski definition) is 5. The summed E-state index contributed by atoms with van der Waals surface area (Å²) in [6.45, 7) is 2.59. The molecule has 19 heavy (non-hydrogen) atoms. The number of sulfone groups is 1. The van der Waals surface area contributed by atoms with E-state index in [1.54, 1.807) is 0 Å². The fourth-order valence-electron chi connectivity index (χ4n) is 1.89. The van der Waals surface area contributed by atoms with Crippen LogP contribution in [0.3, 0.4) is 0 Å². The second-order valence-corrected chi connectivity index (χ2v) is 10.1. The molecule has 2 N–H and O–H groups in total. The van der Waals surface area contributed by atoms with Gasteiger partial charge in [-0.1, -0.05) is 19.1 Å². The Morgan fingerprint density at radius 1 is 1.21 bits per heavy atom. The largest absolute Gasteiger partial charge is 0.393 e. The van der Waals surface area contributed by atoms with Crippen LogP contribution in [-0.2, 0) is 19.9 Å². The summed E-state index contributed by atoms with van der Waals surface area (Å²) in [5.74, 6) is -0.714. The molecule has 1 heterocycles. The van der Waals surface area contributed by atoms with Gasteiger partial charge in [0.1, 0.15) is 9.84 Å². The molecule has 0 aromatic carbocycles. The van der Waals surface area contributed by atoms with Crippen molar-refractivity contribution in [1.29, 1.82) is 0 Å². The minimum absolute atomic E-state index is 0.307. The Morgan fingerprint density at radius 2 is 1.68 bits per heavy atom. The van der Waals surface area contributed by atoms with E-state index in [9.17, 15) is 16.8 Å². The van der Waals surface area contributed by atoms with Gasteiger partial charge in [-0.25, -0.2) is 21.1 Å². The summed E-state index contributed by atoms with van der Waals surface area (Å²) in [5.41, 5.74) is 5.35. The lowest BCUT2D eigenvalue weighted by molar-refractivity contribution is 0.244. The Balaban J connectivity index is 2.67. The lowest BCUT2D eigenvalue weighted by Gasteiger charge is -2.37. The monoisotopic (exact) mass is 328 g/mol. The minimum atomic E-state index is -3.52. The van der Waals surface area contributed by atoms with Crippen LogP contribution in [0.15, 0.2) is 0 Å². The molecule has 0 amide bonds. The summed E-state index contributed by atoms with van der Waals surface area (Å²) >= 11 is 4.99. The highest BCUT2D eigenvalue weighted by Gasteiger charge is 2.36. The van der Waals surface area contributed by atoms with Crippen molar-refractivity contribution in [3.05, 3.63) is 0 Å². The van der Waals surface area contributed by atoms with Crippen molar-refractivity contribution in [2.24, 2.45) is 11.1 Å². The molecule has 0 saturated carbocycles. The fourth-order valence-corrected chi connectivity index (χ4v) is 5.14. The molecule has 6 nitrogen and oxygen atoms in total. The van der Waals surface area contributed by atoms with Crippen molar-refractivity contribution in [1.82, 2.24) is 4.31 Å². The maximum absolute atomic E-state index is 12.0. The van der Waals surface area contributed by atoms with Gasteiger partial charge in [-0.15, -0.1) is 0 Å². The predicted octanol–water partition coefficient (Wildman–Crippen LogP) is -0.251. The third-order valence-corrected chi connectivity index (χ3v) is 7.10. The van der Waals surface area contributed by atoms with E-state index < -0.39 is 19.9 Å². The van der Waals surface area contributed by atoms with Gasteiger partial charge < -0.3 is 5.73 Å². The zero-order valence-corrected chi connectivity index (χ0v) is 13.6. The Hall–Kier alpha value is -0.250. The molecular weight excluding hydrogens is 308 g/mol. The number of nitrogens with two attached hydrogens (primary N) is 1. The quantitative estimate of drug-likeness (QED) is 0.699. The Kier molecular flexibility index (Phi) is 4.98. The summed E-state index contributed by atoms with van der Waals surface area (Å²) in [6, 6.07) is 0. The summed E-state index contributed by atoms with van der Waals surface area (Å²) in [6.07, 6.45) is 2.17. The first kappa shape index (κ1) is 16.8. The third-order valence-electron chi connectivity index (χ3n) is 3.53. The van der Waals surface area contributed by atoms with Crippen molar-refractivity contribution < 1.29 is 16.8 Å². The highest BCUT2D eigenvalue weighted by molar-refractivity contribution is 7.93. The maximum atomic E-state index is 12.0. The smallest absolute Gasteiger partial charge is 0.215 e. The van der Waals surface area contributed by atoms with Gasteiger partial charge in [0.25, 0.3) is 0 Å². The summed E-state index contributed by atoms with van der Waals surface area (Å²) in [5, 5.41) is 0. The molecule has 0 atom stereocenters. The molecule has 0 aromatic rings. The summed E-state index contributed by atoms with van der Waals surface area (Å²) in [7, 11) is -6.80. The predicted molar refractivity (Wildman–Crippen MR) is 79.2 cm³/mol. The lowest BCUT2D eigenvalue weighted by atomic mass is 9.81. The van der Waals surface area contributed by atoms with Crippen molar-refractivity contribution >= 4 is 37.1 Å². The zero-order valence-electron chi connectivity index (χ0n) is 11.1. The molecule has 0 spiro atoms. The van der Waals surface area contributed by atoms with E-state index in [2.05, 4.69) is 0 Å². The number of nitrogens with zero attached hydrogens (tertiary/aromatic N) is 1. The Bertz CT molecular complexity index is 545. The van der Waals surface area contributed by atoms with Crippen LogP contribution >= 0.6 is 12.2 Å². The van der Waals surface area contributed by atoms with Crippen LogP contribution in [0.4, 0.5) is 0 Å². The van der Waals surface area contributed by atoms with E-state index in [0.717, 1.165) is 6.26 Å². The van der Waals surface area contributed by atoms with E-state index in [0.29, 0.717) is 30.9 Å². The number of thiocarbonyl (C=S) groups is 1. The summed E-state index contributed by atoms with van der Waals surface area (Å²) in [4.78, 5) is 0.403. The SMILES string of the molecule is CC1(C(N)=S)CCN(S(=O)(=O)CCS(C)(=O)=O)CC1. The third kappa shape index (κ3) is 4.66. The molecule has 112 valence electrons. The van der Waals surface area contributed by atoms with Gasteiger partial charge in [0.05, 0.1) is 16.5 Å². The highest BCUT2D eigenvalue weighted by Crippen LogP contribution is 2.32. The normalized spacial score (nSPS) is 21.2. The van der Waals surface area contributed by atoms with Crippen LogP contribution in [0, 0.1) is 5.41 Å². The number of sulfonamides is 1. The molecule has 1 fully saturated rings. The number of hydrogen-bond donors (Lipinski definition) is 1. The van der Waals surface area contributed by atoms with E-state index in [1.165, 1.54) is 4.31 Å². The van der Waals surface area contributed by atoms with Crippen molar-refractivity contribution in [2.75, 3.05) is 30.9 Å². The van der Waals surface area contributed by atoms with Crippen LogP contribution in [0.2, 0.25) is 0 Å². The fraction of sp³-hybridized carbons (Fsp3) is 0.900. The number of piperidine rings is 1. The van der Waals surface area contributed by atoms with Gasteiger partial charge in [0.2, 0.25) is 10.0 Å². The standard InChI is InChI=1S/C10H20N2O4S3/c1-10(9(11)17)3-5-12(6-4-10)19(15,16)8-7-18(2,13)14/h3-8H2,1-2H3,(H2,11,17). The molecule has 1 saturated heterocycles. The van der Waals surface area contributed by atoms with E-state index in [-0.39, 0.29) is 16.9 Å². The summed E-state index contributed by atoms with van der Waals surface area (Å²) < 4.78 is 47.4. The van der Waals surface area contributed by atoms with E-state index >= 15 is 0 Å². The molecule has 9 heteroatoms. The first-order valence-electron chi connectivity index (χ1n) is 5.92. The van der Waals surface area contributed by atoms with Crippen molar-refractivity contribution in [3.63, 3.8) is 0 Å². The second-order valence-electron chi connectivity index (χ2n) is 5.27. The first-order valence-corrected chi connectivity index (χ1v) is 10.00. The first-order chi connectivity index (χ1) is 8.46. The molecular formula is C10H20N2O4S3. The highest BCUT2D eigenvalue weighted by atomic mass is 32.2. The molecule has 1 aliphatic heterocycles. The minimum Gasteiger partial charge on any atom is -0.393 e. The molecule has 0 aliphatic carbocycles. The lowest BCUT2D eigenvalue weighted by Crippen LogP contribution is -2.47. The van der Waals surface area contributed by atoms with Gasteiger partial charge >= 0.3 is 0 Å². The molecule has 0 radical (unpaired) electrons. The van der Waals surface area contributed by atoms with Gasteiger partial charge in [-0.05, 0) is 12.8 Å². The van der Waals surface area contributed by atoms with Crippen LogP contribution in [0.25, 0.3) is 0 Å². The zero-order chi connectivity index (χ0) is 14.9. The van der Waals surface area contributed by atoms with Crippen LogP contribution in [0.1, 0.15) is 19.8 Å². The molecule has 1 rings (SSSR count). The van der Waals surface area contributed by atoms with Crippen molar-refractivity contribution in [2.45, 2.75) is 19.8 Å². The topological polar surface area (TPSA) is 97.5 Å². The maximum Gasteiger partial charge on any atom is 0.215 e. The molecule has 0 aromatic heterocycles. The van der Waals surface area contributed by atoms with Gasteiger partial charge in [0, 0.05) is 24.8 Å².